The zero-order valence-corrected chi connectivity index (χ0v) is 19.9. The number of carbonyl (C=O) groups is 1. The Kier molecular flexibility index (Phi) is 4.73. The topological polar surface area (TPSA) is 37.3 Å². The first-order chi connectivity index (χ1) is 14.1. The molecule has 0 spiro atoms. The summed E-state index contributed by atoms with van der Waals surface area (Å²) in [4.78, 5) is 12.5. The first kappa shape index (κ1) is 21.2. The number of carbonyl (C=O) groups excluding carboxylic acids is 1. The molecule has 5 aliphatic carbocycles. The van der Waals surface area contributed by atoms with Gasteiger partial charge < -0.3 is 9.90 Å². The van der Waals surface area contributed by atoms with Crippen LogP contribution in [0.2, 0.25) is 0 Å². The highest BCUT2D eigenvalue weighted by atomic mass is 16.3. The van der Waals surface area contributed by atoms with Crippen LogP contribution in [0.25, 0.3) is 0 Å². The molecule has 0 bridgehead atoms. The lowest BCUT2D eigenvalue weighted by Crippen LogP contribution is -2.64. The van der Waals surface area contributed by atoms with Gasteiger partial charge in [-0.15, -0.1) is 0 Å². The van der Waals surface area contributed by atoms with Crippen LogP contribution < -0.4 is 0 Å². The summed E-state index contributed by atoms with van der Waals surface area (Å²) in [5.41, 5.74) is 2.32. The summed E-state index contributed by atoms with van der Waals surface area (Å²) < 4.78 is 0. The maximum Gasteiger partial charge on any atom is 0.126 e. The lowest BCUT2D eigenvalue weighted by Gasteiger charge is -2.71. The minimum absolute atomic E-state index is 0.0722. The summed E-state index contributed by atoms with van der Waals surface area (Å²) in [6.07, 6.45) is 14.3. The second-order valence-corrected chi connectivity index (χ2v) is 13.1. The molecule has 10 atom stereocenters. The number of aliphatic hydroxyl groups is 1. The number of hydrogen-bond acceptors (Lipinski definition) is 2. The first-order valence-electron chi connectivity index (χ1n) is 12.9. The molecular formula is C28H44O2. The molecule has 5 rings (SSSR count). The zero-order chi connectivity index (χ0) is 21.5. The van der Waals surface area contributed by atoms with E-state index in [1.807, 2.05) is 0 Å². The second-order valence-electron chi connectivity index (χ2n) is 13.1. The Balaban J connectivity index is 1.54. The maximum absolute atomic E-state index is 12.5. The van der Waals surface area contributed by atoms with Crippen molar-refractivity contribution in [1.29, 1.82) is 0 Å². The average molecular weight is 413 g/mol. The summed E-state index contributed by atoms with van der Waals surface area (Å²) in [5, 5.41) is 10.4. The minimum Gasteiger partial charge on any atom is -0.393 e. The molecule has 0 saturated heterocycles. The van der Waals surface area contributed by atoms with Crippen molar-refractivity contribution in [3.8, 4) is 0 Å². The molecule has 0 aliphatic heterocycles. The van der Waals surface area contributed by atoms with Crippen LogP contribution in [0, 0.1) is 51.2 Å². The van der Waals surface area contributed by atoms with E-state index in [-0.39, 0.29) is 11.5 Å². The summed E-state index contributed by atoms with van der Waals surface area (Å²) in [6, 6.07) is 0. The van der Waals surface area contributed by atoms with Crippen molar-refractivity contribution < 1.29 is 9.90 Å². The Morgan fingerprint density at radius 1 is 0.933 bits per heavy atom. The molecule has 2 heteroatoms. The van der Waals surface area contributed by atoms with Crippen LogP contribution in [0.3, 0.4) is 0 Å². The fraction of sp³-hybridized carbons (Fsp3) is 0.893. The molecule has 5 fully saturated rings. The van der Waals surface area contributed by atoms with Crippen molar-refractivity contribution in [2.24, 2.45) is 51.2 Å². The van der Waals surface area contributed by atoms with Crippen molar-refractivity contribution in [2.75, 3.05) is 0 Å². The molecule has 0 aromatic rings. The van der Waals surface area contributed by atoms with E-state index >= 15 is 0 Å². The van der Waals surface area contributed by atoms with Crippen molar-refractivity contribution in [1.82, 2.24) is 0 Å². The number of rotatable bonds is 2. The van der Waals surface area contributed by atoms with Crippen molar-refractivity contribution >= 4 is 6.29 Å². The van der Waals surface area contributed by atoms with E-state index in [1.165, 1.54) is 56.8 Å². The van der Waals surface area contributed by atoms with Crippen LogP contribution in [0.4, 0.5) is 0 Å². The van der Waals surface area contributed by atoms with Crippen LogP contribution in [-0.4, -0.2) is 17.5 Å². The van der Waals surface area contributed by atoms with E-state index in [0.717, 1.165) is 31.6 Å². The normalized spacial score (nSPS) is 57.5. The molecule has 2 unspecified atom stereocenters. The molecule has 0 aromatic carbocycles. The lowest BCUT2D eigenvalue weighted by molar-refractivity contribution is -0.225. The van der Waals surface area contributed by atoms with Gasteiger partial charge in [0.1, 0.15) is 6.29 Å². The maximum atomic E-state index is 12.5. The van der Waals surface area contributed by atoms with Crippen LogP contribution >= 0.6 is 0 Å². The van der Waals surface area contributed by atoms with E-state index in [9.17, 15) is 9.90 Å². The third kappa shape index (κ3) is 2.49. The van der Waals surface area contributed by atoms with E-state index in [2.05, 4.69) is 34.3 Å². The molecule has 2 nitrogen and oxygen atoms in total. The Labute approximate surface area is 184 Å². The van der Waals surface area contributed by atoms with Gasteiger partial charge in [-0.1, -0.05) is 32.9 Å². The third-order valence-corrected chi connectivity index (χ3v) is 12.4. The minimum atomic E-state index is -0.0763. The van der Waals surface area contributed by atoms with Crippen LogP contribution in [0.1, 0.15) is 98.3 Å². The molecule has 168 valence electrons. The summed E-state index contributed by atoms with van der Waals surface area (Å²) in [6.45, 7) is 14.5. The zero-order valence-electron chi connectivity index (χ0n) is 19.9. The predicted octanol–water partition coefficient (Wildman–Crippen LogP) is 6.57. The number of hydrogen-bond donors (Lipinski definition) is 1. The number of allylic oxidation sites excluding steroid dienone is 1. The van der Waals surface area contributed by atoms with Gasteiger partial charge in [0.25, 0.3) is 0 Å². The lowest BCUT2D eigenvalue weighted by atomic mass is 9.33. The molecule has 1 N–H and O–H groups in total. The molecule has 30 heavy (non-hydrogen) atoms. The number of fused-ring (bicyclic) bond motifs is 7. The van der Waals surface area contributed by atoms with Crippen LogP contribution in [0.15, 0.2) is 12.2 Å². The highest BCUT2D eigenvalue weighted by molar-refractivity contribution is 5.62. The Morgan fingerprint density at radius 3 is 2.40 bits per heavy atom. The van der Waals surface area contributed by atoms with Crippen LogP contribution in [-0.2, 0) is 4.79 Å². The molecular weight excluding hydrogens is 368 g/mol. The molecule has 5 saturated carbocycles. The average Bonchev–Trinajstić information content (AvgIpc) is 3.10. The Morgan fingerprint density at radius 2 is 1.70 bits per heavy atom. The fourth-order valence-electron chi connectivity index (χ4n) is 10.5. The highest BCUT2D eigenvalue weighted by Gasteiger charge is 2.69. The van der Waals surface area contributed by atoms with E-state index in [0.29, 0.717) is 39.9 Å². The SMILES string of the molecule is C=C(C)[C@@H]1CC[C@]2(C=O)CC[C@]3(C)[C@H](CC[C@@H]4[C@@]5(C)CC[C@H](O)CC5CC[C@]43C)C12. The fourth-order valence-corrected chi connectivity index (χ4v) is 10.5. The van der Waals surface area contributed by atoms with Gasteiger partial charge in [0.2, 0.25) is 0 Å². The number of aliphatic hydroxyl groups excluding tert-OH is 1. The summed E-state index contributed by atoms with van der Waals surface area (Å²) in [5.74, 6) is 3.19. The van der Waals surface area contributed by atoms with Crippen molar-refractivity contribution in [3.05, 3.63) is 12.2 Å². The van der Waals surface area contributed by atoms with E-state index in [1.54, 1.807) is 0 Å². The predicted molar refractivity (Wildman–Crippen MR) is 122 cm³/mol. The molecule has 5 aliphatic rings. The van der Waals surface area contributed by atoms with Gasteiger partial charge >= 0.3 is 0 Å². The van der Waals surface area contributed by atoms with Gasteiger partial charge in [-0.05, 0) is 123 Å². The molecule has 0 radical (unpaired) electrons. The standard InChI is InChI=1S/C28H44O2/c1-18(2)21-10-13-28(17-29)15-14-26(4)22(24(21)28)6-7-23-25(3)11-9-20(30)16-19(25)8-12-27(23,26)5/h17,19-24,30H,1,6-16H2,2-5H3/t19?,20-,21-,22+,23+,24?,25-,26+,27+,28+/m0/s1. The quantitative estimate of drug-likeness (QED) is 0.411. The van der Waals surface area contributed by atoms with Crippen LogP contribution in [0.5, 0.6) is 0 Å². The molecule has 0 aromatic heterocycles. The summed E-state index contributed by atoms with van der Waals surface area (Å²) >= 11 is 0. The Hall–Kier alpha value is -0.630. The van der Waals surface area contributed by atoms with Crippen molar-refractivity contribution in [3.63, 3.8) is 0 Å². The van der Waals surface area contributed by atoms with Gasteiger partial charge in [0.05, 0.1) is 6.10 Å². The second kappa shape index (κ2) is 6.69. The van der Waals surface area contributed by atoms with E-state index < -0.39 is 0 Å². The van der Waals surface area contributed by atoms with Gasteiger partial charge in [0.15, 0.2) is 0 Å². The largest absolute Gasteiger partial charge is 0.393 e. The summed E-state index contributed by atoms with van der Waals surface area (Å²) in [7, 11) is 0. The third-order valence-electron chi connectivity index (χ3n) is 12.4. The monoisotopic (exact) mass is 412 g/mol. The molecule has 0 amide bonds. The van der Waals surface area contributed by atoms with E-state index in [4.69, 9.17) is 0 Å². The molecule has 0 heterocycles. The Bertz CT molecular complexity index is 743. The highest BCUT2D eigenvalue weighted by Crippen LogP contribution is 2.76. The van der Waals surface area contributed by atoms with Gasteiger partial charge in [-0.3, -0.25) is 0 Å². The number of aldehydes is 1. The first-order valence-corrected chi connectivity index (χ1v) is 12.9. The smallest absolute Gasteiger partial charge is 0.126 e. The van der Waals surface area contributed by atoms with Gasteiger partial charge in [0, 0.05) is 5.41 Å². The van der Waals surface area contributed by atoms with Gasteiger partial charge in [-0.25, -0.2) is 0 Å². The van der Waals surface area contributed by atoms with Gasteiger partial charge in [-0.2, -0.15) is 0 Å². The van der Waals surface area contributed by atoms with Crippen molar-refractivity contribution in [2.45, 2.75) is 104 Å².